The number of amides is 1. The molecule has 1 amide bonds. The highest BCUT2D eigenvalue weighted by atomic mass is 16.5. The first-order chi connectivity index (χ1) is 18.4. The van der Waals surface area contributed by atoms with Gasteiger partial charge in [0.2, 0.25) is 0 Å². The van der Waals surface area contributed by atoms with Crippen LogP contribution in [0.4, 0.5) is 0 Å². The summed E-state index contributed by atoms with van der Waals surface area (Å²) < 4.78 is 12.6. The third-order valence-corrected chi connectivity index (χ3v) is 5.72. The number of benzene rings is 2. The molecule has 0 aliphatic heterocycles. The first-order valence-electron chi connectivity index (χ1n) is 11.9. The van der Waals surface area contributed by atoms with E-state index in [-0.39, 0.29) is 24.3 Å². The van der Waals surface area contributed by atoms with Crippen LogP contribution in [0.15, 0.2) is 65.7 Å². The van der Waals surface area contributed by atoms with Gasteiger partial charge in [-0.15, -0.1) is 9.78 Å². The number of hydrogen-bond acceptors (Lipinski definition) is 8. The van der Waals surface area contributed by atoms with Crippen molar-refractivity contribution in [2.45, 2.75) is 19.3 Å². The van der Waals surface area contributed by atoms with Crippen LogP contribution in [0.1, 0.15) is 35.4 Å². The van der Waals surface area contributed by atoms with Crippen LogP contribution in [0.3, 0.4) is 0 Å². The van der Waals surface area contributed by atoms with Crippen LogP contribution < -0.4 is 26.2 Å². The Morgan fingerprint density at radius 3 is 2.53 bits per heavy atom. The molecule has 12 heteroatoms. The van der Waals surface area contributed by atoms with Crippen molar-refractivity contribution in [1.29, 1.82) is 5.41 Å². The van der Waals surface area contributed by atoms with E-state index in [1.54, 1.807) is 24.3 Å². The summed E-state index contributed by atoms with van der Waals surface area (Å²) in [6.45, 7) is 2.08. The van der Waals surface area contributed by atoms with Crippen LogP contribution in [0, 0.1) is 5.41 Å². The Bertz CT molecular complexity index is 1460. The number of nitrogen functional groups attached to an aromatic ring is 1. The van der Waals surface area contributed by atoms with Crippen molar-refractivity contribution in [3.8, 4) is 17.4 Å². The molecule has 0 fully saturated rings. The highest BCUT2D eigenvalue weighted by molar-refractivity contribution is 5.94. The fourth-order valence-corrected chi connectivity index (χ4v) is 3.81. The zero-order chi connectivity index (χ0) is 27.1. The summed E-state index contributed by atoms with van der Waals surface area (Å²) in [5.74, 6) is 0.738. The molecule has 1 atom stereocenters. The first-order valence-corrected chi connectivity index (χ1v) is 11.9. The van der Waals surface area contributed by atoms with Crippen molar-refractivity contribution >= 4 is 11.7 Å². The van der Waals surface area contributed by atoms with Crippen LogP contribution in [0.2, 0.25) is 0 Å². The van der Waals surface area contributed by atoms with Crippen LogP contribution in [-0.4, -0.2) is 56.7 Å². The van der Waals surface area contributed by atoms with Crippen molar-refractivity contribution in [3.63, 3.8) is 0 Å². The Labute approximate surface area is 218 Å². The van der Waals surface area contributed by atoms with E-state index in [1.807, 2.05) is 31.2 Å². The van der Waals surface area contributed by atoms with Crippen molar-refractivity contribution in [1.82, 2.24) is 30.0 Å². The number of nitrogens with one attached hydrogen (secondary N) is 3. The van der Waals surface area contributed by atoms with Gasteiger partial charge in [0.05, 0.1) is 6.61 Å². The summed E-state index contributed by atoms with van der Waals surface area (Å²) in [6, 6.07) is 14.3. The van der Waals surface area contributed by atoms with Crippen molar-refractivity contribution < 1.29 is 14.3 Å². The normalized spacial score (nSPS) is 11.5. The van der Waals surface area contributed by atoms with Gasteiger partial charge in [-0.25, -0.2) is 14.8 Å². The maximum atomic E-state index is 12.8. The summed E-state index contributed by atoms with van der Waals surface area (Å²) in [4.78, 5) is 35.6. The molecule has 0 saturated heterocycles. The third kappa shape index (κ3) is 6.03. The Morgan fingerprint density at radius 2 is 1.87 bits per heavy atom. The second kappa shape index (κ2) is 11.8. The van der Waals surface area contributed by atoms with Crippen molar-refractivity contribution in [3.05, 3.63) is 93.9 Å². The third-order valence-electron chi connectivity index (χ3n) is 5.72. The minimum absolute atomic E-state index is 0.0206. The number of carbonyl (C=O) groups is 1. The van der Waals surface area contributed by atoms with E-state index < -0.39 is 11.6 Å². The first kappa shape index (κ1) is 26.1. The van der Waals surface area contributed by atoms with Gasteiger partial charge in [0.25, 0.3) is 11.9 Å². The number of carbonyl (C=O) groups excluding carboxylic acids is 1. The van der Waals surface area contributed by atoms with Gasteiger partial charge in [0.15, 0.2) is 18.1 Å². The predicted octanol–water partition coefficient (Wildman–Crippen LogP) is 1.53. The lowest BCUT2D eigenvalue weighted by Gasteiger charge is -2.18. The molecule has 1 unspecified atom stereocenters. The lowest BCUT2D eigenvalue weighted by molar-refractivity contribution is -0.122. The second-order valence-electron chi connectivity index (χ2n) is 8.24. The summed E-state index contributed by atoms with van der Waals surface area (Å²) >= 11 is 0. The molecule has 0 radical (unpaired) electrons. The van der Waals surface area contributed by atoms with Gasteiger partial charge in [-0.1, -0.05) is 30.3 Å². The van der Waals surface area contributed by atoms with Gasteiger partial charge in [-0.05, 0) is 42.7 Å². The molecular formula is C26H28N8O4. The number of ether oxygens (including phenoxy) is 2. The van der Waals surface area contributed by atoms with Crippen LogP contribution in [-0.2, 0) is 11.2 Å². The molecule has 0 aliphatic rings. The quantitative estimate of drug-likeness (QED) is 0.171. The number of rotatable bonds is 11. The van der Waals surface area contributed by atoms with Crippen LogP contribution in [0.5, 0.6) is 11.5 Å². The number of H-pyrrole nitrogens is 1. The Kier molecular flexibility index (Phi) is 8.11. The molecule has 2 heterocycles. The standard InChI is InChI=1S/C26H28N8O4/c1-3-37-21-14-18(9-10-20(21)38-15-22(35)29-2)19(13-16-5-7-17(8-6-16)23(27)28)24-32-26(36)34(33-24)25-30-11-4-12-31-25/h4-12,14,19H,3,13,15H2,1-2H3,(H3,27,28)(H,29,35)(H,32,33,36). The van der Waals surface area contributed by atoms with Crippen molar-refractivity contribution in [2.24, 2.45) is 5.73 Å². The van der Waals surface area contributed by atoms with E-state index >= 15 is 0 Å². The fraction of sp³-hybridized carbons (Fsp3) is 0.231. The maximum absolute atomic E-state index is 12.8. The van der Waals surface area contributed by atoms with Crippen molar-refractivity contribution in [2.75, 3.05) is 20.3 Å². The molecule has 4 aromatic rings. The number of aromatic nitrogens is 5. The van der Waals surface area contributed by atoms with E-state index in [1.165, 1.54) is 19.4 Å². The van der Waals surface area contributed by atoms with E-state index in [2.05, 4.69) is 25.4 Å². The number of nitrogens with zero attached hydrogens (tertiary/aromatic N) is 4. The molecule has 38 heavy (non-hydrogen) atoms. The maximum Gasteiger partial charge on any atom is 0.350 e. The second-order valence-corrected chi connectivity index (χ2v) is 8.24. The van der Waals surface area contributed by atoms with Gasteiger partial charge < -0.3 is 20.5 Å². The number of amidine groups is 1. The summed E-state index contributed by atoms with van der Waals surface area (Å²) in [5.41, 5.74) is 7.47. The SMILES string of the molecule is CCOc1cc(C(Cc2ccc(C(=N)N)cc2)c2nn(-c3ncccn3)c(=O)[nH]2)ccc1OCC(=O)NC. The average Bonchev–Trinajstić information content (AvgIpc) is 3.32. The number of hydrogen-bond donors (Lipinski definition) is 4. The lowest BCUT2D eigenvalue weighted by atomic mass is 9.90. The van der Waals surface area contributed by atoms with E-state index in [0.717, 1.165) is 15.8 Å². The molecule has 0 spiro atoms. The van der Waals surface area contributed by atoms with Crippen LogP contribution in [0.25, 0.3) is 5.95 Å². The smallest absolute Gasteiger partial charge is 0.350 e. The molecule has 0 bridgehead atoms. The van der Waals surface area contributed by atoms with Gasteiger partial charge in [0.1, 0.15) is 11.7 Å². The number of aromatic amines is 1. The molecule has 196 valence electrons. The topological polar surface area (TPSA) is 174 Å². The summed E-state index contributed by atoms with van der Waals surface area (Å²) in [7, 11) is 1.53. The van der Waals surface area contributed by atoms with E-state index in [4.69, 9.17) is 20.6 Å². The summed E-state index contributed by atoms with van der Waals surface area (Å²) in [6.07, 6.45) is 3.52. The molecule has 5 N–H and O–H groups in total. The molecule has 0 saturated carbocycles. The van der Waals surface area contributed by atoms with E-state index in [0.29, 0.717) is 35.9 Å². The minimum Gasteiger partial charge on any atom is -0.490 e. The summed E-state index contributed by atoms with van der Waals surface area (Å²) in [5, 5.41) is 14.7. The fourth-order valence-electron chi connectivity index (χ4n) is 3.81. The monoisotopic (exact) mass is 516 g/mol. The Balaban J connectivity index is 1.75. The van der Waals surface area contributed by atoms with Gasteiger partial charge in [-0.2, -0.15) is 0 Å². The van der Waals surface area contributed by atoms with E-state index in [9.17, 15) is 9.59 Å². The van der Waals surface area contributed by atoms with Gasteiger partial charge in [0, 0.05) is 30.9 Å². The van der Waals surface area contributed by atoms with Crippen LogP contribution >= 0.6 is 0 Å². The Hall–Kier alpha value is -5.00. The predicted molar refractivity (Wildman–Crippen MR) is 140 cm³/mol. The van der Waals surface area contributed by atoms with Gasteiger partial charge in [-0.3, -0.25) is 15.2 Å². The minimum atomic E-state index is -0.473. The Morgan fingerprint density at radius 1 is 1.13 bits per heavy atom. The van der Waals surface area contributed by atoms with Gasteiger partial charge >= 0.3 is 5.69 Å². The zero-order valence-corrected chi connectivity index (χ0v) is 21.0. The number of nitrogens with two attached hydrogens (primary N) is 1. The largest absolute Gasteiger partial charge is 0.490 e. The highest BCUT2D eigenvalue weighted by Gasteiger charge is 2.23. The molecular weight excluding hydrogens is 488 g/mol. The molecule has 12 nitrogen and oxygen atoms in total. The lowest BCUT2D eigenvalue weighted by Crippen LogP contribution is -2.25. The number of likely N-dealkylation sites (N-methyl/N-ethyl adjacent to an activating group) is 1. The average molecular weight is 517 g/mol. The highest BCUT2D eigenvalue weighted by Crippen LogP contribution is 2.34. The molecule has 2 aromatic carbocycles. The molecule has 4 rings (SSSR count). The molecule has 0 aliphatic carbocycles. The molecule has 2 aromatic heterocycles. The zero-order valence-electron chi connectivity index (χ0n) is 21.0.